The molecule has 2 heterocycles. The summed E-state index contributed by atoms with van der Waals surface area (Å²) < 4.78 is 1.37. The van der Waals surface area contributed by atoms with Crippen molar-refractivity contribution in [1.82, 2.24) is 19.8 Å². The van der Waals surface area contributed by atoms with Crippen LogP contribution in [0.3, 0.4) is 0 Å². The highest BCUT2D eigenvalue weighted by Gasteiger charge is 2.26. The zero-order chi connectivity index (χ0) is 16.4. The van der Waals surface area contributed by atoms with Gasteiger partial charge in [-0.25, -0.2) is 4.68 Å². The van der Waals surface area contributed by atoms with Crippen LogP contribution in [-0.2, 0) is 9.59 Å². The highest BCUT2D eigenvalue weighted by atomic mass is 32.2. The van der Waals surface area contributed by atoms with Crippen LogP contribution in [0.15, 0.2) is 29.4 Å². The van der Waals surface area contributed by atoms with Crippen molar-refractivity contribution in [2.75, 3.05) is 18.1 Å². The molecule has 1 fully saturated rings. The molecule has 1 saturated heterocycles. The predicted octanol–water partition coefficient (Wildman–Crippen LogP) is 1.21. The lowest BCUT2D eigenvalue weighted by Gasteiger charge is -2.12. The zero-order valence-electron chi connectivity index (χ0n) is 12.7. The van der Waals surface area contributed by atoms with Gasteiger partial charge in [-0.15, -0.1) is 10.2 Å². The highest BCUT2D eigenvalue weighted by molar-refractivity contribution is 7.99. The summed E-state index contributed by atoms with van der Waals surface area (Å²) in [6, 6.07) is 7.79. The van der Waals surface area contributed by atoms with Gasteiger partial charge in [0.05, 0.1) is 5.75 Å². The first-order valence-corrected chi connectivity index (χ1v) is 8.28. The van der Waals surface area contributed by atoms with E-state index in [9.17, 15) is 9.59 Å². The number of hydrogen-bond acceptors (Lipinski definition) is 6. The van der Waals surface area contributed by atoms with Gasteiger partial charge in [-0.1, -0.05) is 41.6 Å². The largest absolute Gasteiger partial charge is 0.335 e. The zero-order valence-corrected chi connectivity index (χ0v) is 13.5. The molecule has 2 aromatic rings. The maximum Gasteiger partial charge on any atom is 0.239 e. The fourth-order valence-corrected chi connectivity index (χ4v) is 3.12. The minimum absolute atomic E-state index is 0.106. The summed E-state index contributed by atoms with van der Waals surface area (Å²) in [5.41, 5.74) is 2.01. The Bertz CT molecular complexity index is 741. The molecule has 1 aromatic heterocycles. The molecule has 7 nitrogen and oxygen atoms in total. The number of aryl methyl sites for hydroxylation is 1. The lowest BCUT2D eigenvalue weighted by molar-refractivity contribution is -0.140. The molecular formula is C15H17N5O2S. The van der Waals surface area contributed by atoms with Crippen LogP contribution in [0, 0.1) is 6.92 Å². The topological polar surface area (TPSA) is 94.1 Å². The molecule has 0 atom stereocenters. The second kappa shape index (κ2) is 6.41. The van der Waals surface area contributed by atoms with E-state index in [1.54, 1.807) is 0 Å². The molecule has 1 aromatic carbocycles. The SMILES string of the molecule is Cc1ccc(-c2nnc(SCC(=O)N3CCCC3=O)n2N)cc1. The Morgan fingerprint density at radius 3 is 2.70 bits per heavy atom. The maximum absolute atomic E-state index is 12.0. The van der Waals surface area contributed by atoms with Crippen LogP contribution >= 0.6 is 11.8 Å². The van der Waals surface area contributed by atoms with E-state index in [1.807, 2.05) is 31.2 Å². The number of carbonyl (C=O) groups excluding carboxylic acids is 2. The van der Waals surface area contributed by atoms with Crippen LogP contribution in [0.1, 0.15) is 18.4 Å². The van der Waals surface area contributed by atoms with Crippen molar-refractivity contribution < 1.29 is 9.59 Å². The molecule has 8 heteroatoms. The lowest BCUT2D eigenvalue weighted by Crippen LogP contribution is -2.33. The Labute approximate surface area is 137 Å². The number of hydrogen-bond donors (Lipinski definition) is 1. The van der Waals surface area contributed by atoms with Gasteiger partial charge in [0.1, 0.15) is 0 Å². The van der Waals surface area contributed by atoms with Crippen LogP contribution < -0.4 is 5.84 Å². The summed E-state index contributed by atoms with van der Waals surface area (Å²) in [6.45, 7) is 2.51. The van der Waals surface area contributed by atoms with E-state index in [0.717, 1.165) is 17.5 Å². The van der Waals surface area contributed by atoms with Crippen LogP contribution in [0.5, 0.6) is 0 Å². The van der Waals surface area contributed by atoms with Crippen molar-refractivity contribution in [3.05, 3.63) is 29.8 Å². The molecule has 0 spiro atoms. The molecular weight excluding hydrogens is 314 g/mol. The quantitative estimate of drug-likeness (QED) is 0.668. The molecule has 23 heavy (non-hydrogen) atoms. The van der Waals surface area contributed by atoms with Gasteiger partial charge in [0, 0.05) is 18.5 Å². The molecule has 120 valence electrons. The van der Waals surface area contributed by atoms with E-state index in [-0.39, 0.29) is 17.6 Å². The molecule has 1 aliphatic rings. The summed E-state index contributed by atoms with van der Waals surface area (Å²) in [5, 5.41) is 8.55. The van der Waals surface area contributed by atoms with Crippen molar-refractivity contribution in [1.29, 1.82) is 0 Å². The number of likely N-dealkylation sites (tertiary alicyclic amines) is 1. The van der Waals surface area contributed by atoms with Crippen molar-refractivity contribution in [3.63, 3.8) is 0 Å². The maximum atomic E-state index is 12.0. The molecule has 0 bridgehead atoms. The van der Waals surface area contributed by atoms with Gasteiger partial charge in [0.25, 0.3) is 0 Å². The van der Waals surface area contributed by atoms with Crippen LogP contribution in [0.2, 0.25) is 0 Å². The molecule has 2 N–H and O–H groups in total. The highest BCUT2D eigenvalue weighted by Crippen LogP contribution is 2.22. The first kappa shape index (κ1) is 15.5. The van der Waals surface area contributed by atoms with Crippen LogP contribution in [-0.4, -0.2) is 43.9 Å². The van der Waals surface area contributed by atoms with Crippen molar-refractivity contribution >= 4 is 23.6 Å². The van der Waals surface area contributed by atoms with Crippen LogP contribution in [0.25, 0.3) is 11.4 Å². The summed E-state index contributed by atoms with van der Waals surface area (Å²) >= 11 is 1.18. The summed E-state index contributed by atoms with van der Waals surface area (Å²) in [4.78, 5) is 24.9. The Kier molecular flexibility index (Phi) is 4.33. The van der Waals surface area contributed by atoms with Gasteiger partial charge in [-0.2, -0.15) is 0 Å². The fraction of sp³-hybridized carbons (Fsp3) is 0.333. The van der Waals surface area contributed by atoms with Gasteiger partial charge in [-0.3, -0.25) is 14.5 Å². The molecule has 2 amide bonds. The van der Waals surface area contributed by atoms with E-state index in [1.165, 1.54) is 21.3 Å². The second-order valence-electron chi connectivity index (χ2n) is 5.37. The number of rotatable bonds is 4. The average molecular weight is 331 g/mol. The number of imide groups is 1. The number of nitrogen functional groups attached to an aromatic ring is 1. The standard InChI is InChI=1S/C15H17N5O2S/c1-10-4-6-11(7-5-10)14-17-18-15(20(14)16)23-9-13(22)19-8-2-3-12(19)21/h4-7H,2-3,8-9,16H2,1H3. The molecule has 0 saturated carbocycles. The number of nitrogens with two attached hydrogens (primary N) is 1. The van der Waals surface area contributed by atoms with Gasteiger partial charge >= 0.3 is 0 Å². The fourth-order valence-electron chi connectivity index (χ4n) is 2.39. The third-order valence-corrected chi connectivity index (χ3v) is 4.60. The smallest absolute Gasteiger partial charge is 0.239 e. The second-order valence-corrected chi connectivity index (χ2v) is 6.32. The molecule has 0 aliphatic carbocycles. The Morgan fingerprint density at radius 2 is 2.04 bits per heavy atom. The van der Waals surface area contributed by atoms with Crippen molar-refractivity contribution in [2.45, 2.75) is 24.9 Å². The van der Waals surface area contributed by atoms with Crippen molar-refractivity contribution in [2.24, 2.45) is 0 Å². The van der Waals surface area contributed by atoms with E-state index in [2.05, 4.69) is 10.2 Å². The van der Waals surface area contributed by atoms with Gasteiger partial charge in [0.15, 0.2) is 5.82 Å². The molecule has 3 rings (SSSR count). The van der Waals surface area contributed by atoms with Gasteiger partial charge in [-0.05, 0) is 13.3 Å². The van der Waals surface area contributed by atoms with Gasteiger partial charge in [0.2, 0.25) is 17.0 Å². The summed E-state index contributed by atoms with van der Waals surface area (Å²) in [6.07, 6.45) is 1.18. The summed E-state index contributed by atoms with van der Waals surface area (Å²) in [5.74, 6) is 6.36. The molecule has 0 radical (unpaired) electrons. The predicted molar refractivity (Wildman–Crippen MR) is 87.0 cm³/mol. The third-order valence-electron chi connectivity index (χ3n) is 3.67. The average Bonchev–Trinajstić information content (AvgIpc) is 3.12. The number of carbonyl (C=O) groups is 2. The summed E-state index contributed by atoms with van der Waals surface area (Å²) in [7, 11) is 0. The number of benzene rings is 1. The minimum atomic E-state index is -0.211. The van der Waals surface area contributed by atoms with E-state index in [0.29, 0.717) is 23.9 Å². The lowest BCUT2D eigenvalue weighted by atomic mass is 10.1. The third kappa shape index (κ3) is 3.21. The number of nitrogens with zero attached hydrogens (tertiary/aromatic N) is 4. The van der Waals surface area contributed by atoms with Crippen LogP contribution in [0.4, 0.5) is 0 Å². The normalized spacial score (nSPS) is 14.5. The number of thioether (sulfide) groups is 1. The first-order chi connectivity index (χ1) is 11.1. The molecule has 0 unspecified atom stereocenters. The Hall–Kier alpha value is -2.35. The first-order valence-electron chi connectivity index (χ1n) is 7.30. The van der Waals surface area contributed by atoms with E-state index in [4.69, 9.17) is 5.84 Å². The van der Waals surface area contributed by atoms with E-state index >= 15 is 0 Å². The number of amides is 2. The molecule has 1 aliphatic heterocycles. The van der Waals surface area contributed by atoms with E-state index < -0.39 is 0 Å². The van der Waals surface area contributed by atoms with Gasteiger partial charge < -0.3 is 5.84 Å². The van der Waals surface area contributed by atoms with Crippen molar-refractivity contribution in [3.8, 4) is 11.4 Å². The Balaban J connectivity index is 1.69. The Morgan fingerprint density at radius 1 is 1.30 bits per heavy atom. The monoisotopic (exact) mass is 331 g/mol. The number of aromatic nitrogens is 3. The minimum Gasteiger partial charge on any atom is -0.335 e.